The lowest BCUT2D eigenvalue weighted by Gasteiger charge is -2.35. The minimum atomic E-state index is -0.227. The molecule has 3 aliphatic carbocycles. The van der Waals surface area contributed by atoms with Crippen molar-refractivity contribution >= 4 is 0 Å². The van der Waals surface area contributed by atoms with Crippen LogP contribution in [0.2, 0.25) is 0 Å². The Morgan fingerprint density at radius 1 is 1.00 bits per heavy atom. The summed E-state index contributed by atoms with van der Waals surface area (Å²) in [6.45, 7) is 2.30. The van der Waals surface area contributed by atoms with Crippen molar-refractivity contribution < 1.29 is 5.11 Å². The van der Waals surface area contributed by atoms with E-state index in [1.54, 1.807) is 0 Å². The Labute approximate surface area is 93.3 Å². The van der Waals surface area contributed by atoms with Crippen LogP contribution >= 0.6 is 0 Å². The Morgan fingerprint density at radius 2 is 1.53 bits per heavy atom. The minimum Gasteiger partial charge on any atom is -0.389 e. The van der Waals surface area contributed by atoms with Crippen LogP contribution in [-0.2, 0) is 0 Å². The van der Waals surface area contributed by atoms with Gasteiger partial charge in [-0.15, -0.1) is 0 Å². The summed E-state index contributed by atoms with van der Waals surface area (Å²) in [5, 5.41) is 11.0. The van der Waals surface area contributed by atoms with Gasteiger partial charge >= 0.3 is 0 Å². The molecule has 0 saturated heterocycles. The van der Waals surface area contributed by atoms with Gasteiger partial charge in [-0.2, -0.15) is 0 Å². The molecule has 86 valence electrons. The third-order valence-electron chi connectivity index (χ3n) is 5.87. The molecule has 0 heterocycles. The van der Waals surface area contributed by atoms with E-state index in [0.717, 1.165) is 0 Å². The third kappa shape index (κ3) is 1.13. The zero-order chi connectivity index (χ0) is 10.5. The normalized spacial score (nSPS) is 47.6. The van der Waals surface area contributed by atoms with E-state index in [-0.39, 0.29) is 5.60 Å². The van der Waals surface area contributed by atoms with Gasteiger partial charge in [0.15, 0.2) is 0 Å². The Hall–Kier alpha value is -0.0400. The van der Waals surface area contributed by atoms with E-state index in [1.807, 2.05) is 0 Å². The van der Waals surface area contributed by atoms with E-state index in [2.05, 4.69) is 6.92 Å². The molecule has 0 aromatic heterocycles. The molecule has 3 saturated carbocycles. The van der Waals surface area contributed by atoms with E-state index in [9.17, 15) is 5.11 Å². The van der Waals surface area contributed by atoms with Gasteiger partial charge in [-0.05, 0) is 49.4 Å². The summed E-state index contributed by atoms with van der Waals surface area (Å²) in [7, 11) is 0. The van der Waals surface area contributed by atoms with Gasteiger partial charge in [-0.25, -0.2) is 0 Å². The van der Waals surface area contributed by atoms with Crippen molar-refractivity contribution in [3.8, 4) is 0 Å². The van der Waals surface area contributed by atoms with E-state index >= 15 is 0 Å². The maximum absolute atomic E-state index is 11.0. The molecule has 0 spiro atoms. The summed E-state index contributed by atoms with van der Waals surface area (Å²) >= 11 is 0. The highest BCUT2D eigenvalue weighted by atomic mass is 16.3. The number of rotatable bonds is 2. The highest BCUT2D eigenvalue weighted by molar-refractivity contribution is 5.21. The molecule has 0 radical (unpaired) electrons. The van der Waals surface area contributed by atoms with Crippen molar-refractivity contribution in [2.24, 2.45) is 17.3 Å². The second-order valence-corrected chi connectivity index (χ2v) is 6.16. The van der Waals surface area contributed by atoms with E-state index in [1.165, 1.54) is 57.8 Å². The predicted octanol–water partition coefficient (Wildman–Crippen LogP) is 3.51. The highest BCUT2D eigenvalue weighted by Gasteiger charge is 2.72. The first-order valence-corrected chi connectivity index (χ1v) is 6.97. The smallest absolute Gasteiger partial charge is 0.0766 e. The second kappa shape index (κ2) is 3.23. The fourth-order valence-corrected chi connectivity index (χ4v) is 4.97. The SMILES string of the molecule is CCC1(C2(O)C3CCCCC32)CCCC1. The molecule has 1 nitrogen and oxygen atoms in total. The molecule has 0 bridgehead atoms. The average molecular weight is 208 g/mol. The molecule has 1 N–H and O–H groups in total. The first kappa shape index (κ1) is 10.1. The lowest BCUT2D eigenvalue weighted by atomic mass is 9.74. The molecule has 0 aromatic rings. The Balaban J connectivity index is 1.86. The molecule has 3 rings (SSSR count). The van der Waals surface area contributed by atoms with Gasteiger partial charge in [0.2, 0.25) is 0 Å². The molecule has 2 unspecified atom stereocenters. The zero-order valence-electron chi connectivity index (χ0n) is 9.97. The van der Waals surface area contributed by atoms with E-state index in [0.29, 0.717) is 17.3 Å². The van der Waals surface area contributed by atoms with Crippen LogP contribution in [0.15, 0.2) is 0 Å². The average Bonchev–Trinajstić information content (AvgIpc) is 2.71. The third-order valence-corrected chi connectivity index (χ3v) is 5.87. The van der Waals surface area contributed by atoms with Gasteiger partial charge in [0.05, 0.1) is 5.60 Å². The molecule has 3 aliphatic rings. The van der Waals surface area contributed by atoms with Gasteiger partial charge in [-0.3, -0.25) is 0 Å². The van der Waals surface area contributed by atoms with Crippen molar-refractivity contribution in [3.05, 3.63) is 0 Å². The van der Waals surface area contributed by atoms with E-state index < -0.39 is 0 Å². The maximum atomic E-state index is 11.0. The molecule has 1 heteroatoms. The molecule has 0 aliphatic heterocycles. The van der Waals surface area contributed by atoms with Crippen LogP contribution in [0.25, 0.3) is 0 Å². The Kier molecular flexibility index (Phi) is 2.18. The number of hydrogen-bond acceptors (Lipinski definition) is 1. The minimum absolute atomic E-state index is 0.227. The van der Waals surface area contributed by atoms with Crippen molar-refractivity contribution in [3.63, 3.8) is 0 Å². The summed E-state index contributed by atoms with van der Waals surface area (Å²) in [4.78, 5) is 0. The summed E-state index contributed by atoms with van der Waals surface area (Å²) in [5.74, 6) is 1.37. The topological polar surface area (TPSA) is 20.2 Å². The summed E-state index contributed by atoms with van der Waals surface area (Å²) in [6, 6.07) is 0. The number of hydrogen-bond donors (Lipinski definition) is 1. The fraction of sp³-hybridized carbons (Fsp3) is 1.00. The van der Waals surface area contributed by atoms with Gasteiger partial charge in [0, 0.05) is 0 Å². The van der Waals surface area contributed by atoms with Crippen LogP contribution < -0.4 is 0 Å². The largest absolute Gasteiger partial charge is 0.389 e. The molecule has 0 amide bonds. The van der Waals surface area contributed by atoms with Crippen LogP contribution in [0.3, 0.4) is 0 Å². The number of fused-ring (bicyclic) bond motifs is 1. The van der Waals surface area contributed by atoms with Crippen LogP contribution in [-0.4, -0.2) is 10.7 Å². The van der Waals surface area contributed by atoms with Crippen molar-refractivity contribution in [1.82, 2.24) is 0 Å². The molecular weight excluding hydrogens is 184 g/mol. The van der Waals surface area contributed by atoms with Gasteiger partial charge < -0.3 is 5.11 Å². The summed E-state index contributed by atoms with van der Waals surface area (Å²) < 4.78 is 0. The lowest BCUT2D eigenvalue weighted by Crippen LogP contribution is -2.37. The van der Waals surface area contributed by atoms with Gasteiger partial charge in [0.1, 0.15) is 0 Å². The first-order valence-electron chi connectivity index (χ1n) is 6.97. The molecule has 3 fully saturated rings. The summed E-state index contributed by atoms with van der Waals surface area (Å²) in [5.41, 5.74) is 0.0986. The van der Waals surface area contributed by atoms with Crippen molar-refractivity contribution in [1.29, 1.82) is 0 Å². The van der Waals surface area contributed by atoms with Gasteiger partial charge in [0.25, 0.3) is 0 Å². The fourth-order valence-electron chi connectivity index (χ4n) is 4.97. The molecule has 2 atom stereocenters. The lowest BCUT2D eigenvalue weighted by molar-refractivity contribution is -0.0231. The standard InChI is InChI=1S/C14H24O/c1-2-13(9-5-6-10-13)14(15)11-7-3-4-8-12(11)14/h11-12,15H,2-10H2,1H3. The molecule has 15 heavy (non-hydrogen) atoms. The highest BCUT2D eigenvalue weighted by Crippen LogP contribution is 2.70. The Morgan fingerprint density at radius 3 is 2.00 bits per heavy atom. The first-order chi connectivity index (χ1) is 7.24. The van der Waals surface area contributed by atoms with Crippen molar-refractivity contribution in [2.45, 2.75) is 70.3 Å². The van der Waals surface area contributed by atoms with Crippen LogP contribution in [0.5, 0.6) is 0 Å². The Bertz CT molecular complexity index is 240. The van der Waals surface area contributed by atoms with Crippen LogP contribution in [0, 0.1) is 17.3 Å². The summed E-state index contributed by atoms with van der Waals surface area (Å²) in [6.07, 6.45) is 11.9. The quantitative estimate of drug-likeness (QED) is 0.736. The molecular formula is C14H24O. The predicted molar refractivity (Wildman–Crippen MR) is 61.6 cm³/mol. The van der Waals surface area contributed by atoms with Crippen molar-refractivity contribution in [2.75, 3.05) is 0 Å². The maximum Gasteiger partial charge on any atom is 0.0766 e. The molecule has 0 aromatic carbocycles. The van der Waals surface area contributed by atoms with Crippen LogP contribution in [0.1, 0.15) is 64.7 Å². The second-order valence-electron chi connectivity index (χ2n) is 6.16. The van der Waals surface area contributed by atoms with E-state index in [4.69, 9.17) is 0 Å². The zero-order valence-corrected chi connectivity index (χ0v) is 9.97. The van der Waals surface area contributed by atoms with Gasteiger partial charge in [-0.1, -0.05) is 32.6 Å². The monoisotopic (exact) mass is 208 g/mol. The number of aliphatic hydroxyl groups is 1. The van der Waals surface area contributed by atoms with Crippen LogP contribution in [0.4, 0.5) is 0 Å².